The number of hydrogen-bond donors (Lipinski definition) is 0. The fraction of sp³-hybridized carbons (Fsp3) is 0.857. The zero-order chi connectivity index (χ0) is 23.5. The number of ether oxygens (including phenoxy) is 3. The van der Waals surface area contributed by atoms with Gasteiger partial charge in [0, 0.05) is 11.8 Å². The first kappa shape index (κ1) is 21.7. The van der Waals surface area contributed by atoms with Gasteiger partial charge >= 0.3 is 23.2 Å². The summed E-state index contributed by atoms with van der Waals surface area (Å²) in [6.45, 7) is 0. The topological polar surface area (TPSA) is 136 Å². The minimum Gasteiger partial charge on any atom is -0.743 e. The highest BCUT2D eigenvalue weighted by atomic mass is 32.2. The van der Waals surface area contributed by atoms with Crippen molar-refractivity contribution >= 4 is 28.0 Å². The molecule has 12 heteroatoms. The molecule has 0 radical (unpaired) electrons. The van der Waals surface area contributed by atoms with Gasteiger partial charge in [0.15, 0.2) is 10.1 Å². The van der Waals surface area contributed by atoms with Crippen molar-refractivity contribution in [1.82, 2.24) is 0 Å². The maximum absolute atomic E-state index is 13.7. The molecule has 6 saturated carbocycles. The molecule has 9 nitrogen and oxygen atoms in total. The molecule has 0 aromatic heterocycles. The van der Waals surface area contributed by atoms with Gasteiger partial charge in [-0.05, 0) is 62.7 Å². The number of carbonyl (C=O) groups is 3. The molecule has 6 aliphatic carbocycles. The first-order chi connectivity index (χ1) is 15.4. The number of fused-ring (bicyclic) bond motifs is 1. The van der Waals surface area contributed by atoms with Gasteiger partial charge in [-0.1, -0.05) is 0 Å². The zero-order valence-corrected chi connectivity index (χ0v) is 18.3. The Morgan fingerprint density at radius 1 is 1.03 bits per heavy atom. The molecule has 1 saturated heterocycles. The van der Waals surface area contributed by atoms with Crippen LogP contribution in [0.1, 0.15) is 44.9 Å². The van der Waals surface area contributed by atoms with Crippen LogP contribution in [0.3, 0.4) is 0 Å². The number of carbonyl (C=O) groups excluding carboxylic acids is 3. The molecule has 1 heterocycles. The molecule has 0 amide bonds. The van der Waals surface area contributed by atoms with Gasteiger partial charge in [0.05, 0.1) is 11.8 Å². The summed E-state index contributed by atoms with van der Waals surface area (Å²) in [6, 6.07) is 0. The minimum absolute atomic E-state index is 0.218. The Morgan fingerprint density at radius 3 is 2.15 bits per heavy atom. The Labute approximate surface area is 188 Å². The van der Waals surface area contributed by atoms with Crippen LogP contribution in [0.2, 0.25) is 0 Å². The molecule has 182 valence electrons. The highest BCUT2D eigenvalue weighted by molar-refractivity contribution is 7.87. The predicted octanol–water partition coefficient (Wildman–Crippen LogP) is 1.36. The van der Waals surface area contributed by atoms with Crippen LogP contribution in [0.15, 0.2) is 0 Å². The van der Waals surface area contributed by atoms with Crippen molar-refractivity contribution in [2.45, 2.75) is 68.0 Å². The second kappa shape index (κ2) is 6.65. The molecule has 7 aliphatic rings. The molecule has 0 aromatic rings. The average molecular weight is 489 g/mol. The van der Waals surface area contributed by atoms with Crippen molar-refractivity contribution in [3.63, 3.8) is 0 Å². The maximum Gasteiger partial charge on any atom is 0.428 e. The molecule has 6 bridgehead atoms. The van der Waals surface area contributed by atoms with E-state index < -0.39 is 74.8 Å². The van der Waals surface area contributed by atoms with Crippen LogP contribution in [0.5, 0.6) is 0 Å². The summed E-state index contributed by atoms with van der Waals surface area (Å²) in [5.41, 5.74) is -0.578. The Hall–Kier alpha value is -1.82. The van der Waals surface area contributed by atoms with Gasteiger partial charge in [-0.25, -0.2) is 13.2 Å². The number of hydrogen-bond acceptors (Lipinski definition) is 9. The molecular formula is C21H23F2O9S-. The first-order valence-electron chi connectivity index (χ1n) is 11.4. The summed E-state index contributed by atoms with van der Waals surface area (Å²) in [4.78, 5) is 37.7. The van der Waals surface area contributed by atoms with E-state index >= 15 is 0 Å². The summed E-state index contributed by atoms with van der Waals surface area (Å²) >= 11 is 0. The van der Waals surface area contributed by atoms with E-state index in [9.17, 15) is 36.1 Å². The van der Waals surface area contributed by atoms with Gasteiger partial charge in [-0.3, -0.25) is 9.59 Å². The Kier molecular flexibility index (Phi) is 4.37. The van der Waals surface area contributed by atoms with Crippen LogP contribution in [0.25, 0.3) is 0 Å². The largest absolute Gasteiger partial charge is 0.743 e. The molecule has 7 rings (SSSR count). The molecule has 33 heavy (non-hydrogen) atoms. The number of alkyl halides is 2. The third kappa shape index (κ3) is 3.01. The van der Waals surface area contributed by atoms with E-state index in [1.165, 1.54) is 0 Å². The summed E-state index contributed by atoms with van der Waals surface area (Å²) in [7, 11) is -6.30. The van der Waals surface area contributed by atoms with Gasteiger partial charge in [0.25, 0.3) is 0 Å². The molecule has 0 spiro atoms. The third-order valence-corrected chi connectivity index (χ3v) is 9.71. The van der Waals surface area contributed by atoms with E-state index in [4.69, 9.17) is 14.2 Å². The Morgan fingerprint density at radius 2 is 1.61 bits per heavy atom. The lowest BCUT2D eigenvalue weighted by Crippen LogP contribution is -2.54. The van der Waals surface area contributed by atoms with Crippen LogP contribution in [0, 0.1) is 41.4 Å². The number of rotatable bonds is 5. The van der Waals surface area contributed by atoms with E-state index in [2.05, 4.69) is 0 Å². The molecular weight excluding hydrogens is 466 g/mol. The van der Waals surface area contributed by atoms with Crippen LogP contribution >= 0.6 is 0 Å². The van der Waals surface area contributed by atoms with Gasteiger partial charge in [-0.15, -0.1) is 0 Å². The minimum atomic E-state index is -6.30. The first-order valence-corrected chi connectivity index (χ1v) is 12.8. The van der Waals surface area contributed by atoms with Crippen LogP contribution < -0.4 is 0 Å². The monoisotopic (exact) mass is 489 g/mol. The van der Waals surface area contributed by atoms with Gasteiger partial charge in [-0.2, -0.15) is 8.78 Å². The Balaban J connectivity index is 1.23. The fourth-order valence-electron chi connectivity index (χ4n) is 8.20. The lowest BCUT2D eigenvalue weighted by atomic mass is 9.54. The van der Waals surface area contributed by atoms with Gasteiger partial charge in [0.1, 0.15) is 17.8 Å². The van der Waals surface area contributed by atoms with E-state index in [0.29, 0.717) is 17.8 Å². The van der Waals surface area contributed by atoms with Crippen molar-refractivity contribution in [3.8, 4) is 0 Å². The highest BCUT2D eigenvalue weighted by Crippen LogP contribution is 2.61. The molecule has 0 aromatic carbocycles. The molecule has 7 fully saturated rings. The van der Waals surface area contributed by atoms with Crippen molar-refractivity contribution in [3.05, 3.63) is 0 Å². The predicted molar refractivity (Wildman–Crippen MR) is 100.0 cm³/mol. The third-order valence-electron chi connectivity index (χ3n) is 8.91. The second-order valence-corrected chi connectivity index (χ2v) is 12.3. The quantitative estimate of drug-likeness (QED) is 0.318. The highest BCUT2D eigenvalue weighted by Gasteiger charge is 2.71. The standard InChI is InChI=1S/C21H24F2O9S/c22-21(23,33(27,28)29)19(26)31-16-12-4-11-13(17(24)30-15(11)16)14(12)18(25)32-20-5-8-1-9(6-20)3-10(2-8)7-20/h8-16H,1-7H2,(H,27,28,29)/p-1. The molecule has 6 atom stereocenters. The van der Waals surface area contributed by atoms with Crippen LogP contribution in [-0.2, 0) is 38.7 Å². The summed E-state index contributed by atoms with van der Waals surface area (Å²) in [6.07, 6.45) is 3.45. The van der Waals surface area contributed by atoms with E-state index in [1.54, 1.807) is 0 Å². The van der Waals surface area contributed by atoms with Crippen molar-refractivity contribution in [1.29, 1.82) is 0 Å². The fourth-order valence-corrected chi connectivity index (χ4v) is 8.45. The summed E-state index contributed by atoms with van der Waals surface area (Å²) in [5.74, 6) is -5.47. The second-order valence-electron chi connectivity index (χ2n) is 10.9. The smallest absolute Gasteiger partial charge is 0.428 e. The zero-order valence-electron chi connectivity index (χ0n) is 17.5. The molecule has 0 N–H and O–H groups in total. The summed E-state index contributed by atoms with van der Waals surface area (Å²) in [5, 5.41) is -5.29. The van der Waals surface area contributed by atoms with Crippen molar-refractivity contribution < 1.29 is 50.3 Å². The lowest BCUT2D eigenvalue weighted by molar-refractivity contribution is -0.198. The SMILES string of the molecule is O=C1OC2C3CC(C2OC(=O)C(F)(F)S(=O)(=O)[O-])C(C(=O)OC24CC5CC(CC(C5)C2)C4)C13. The van der Waals surface area contributed by atoms with Crippen LogP contribution in [0.4, 0.5) is 8.78 Å². The van der Waals surface area contributed by atoms with Crippen molar-refractivity contribution in [2.75, 3.05) is 0 Å². The van der Waals surface area contributed by atoms with E-state index in [1.807, 2.05) is 0 Å². The average Bonchev–Trinajstić information content (AvgIpc) is 3.29. The van der Waals surface area contributed by atoms with E-state index in [-0.39, 0.29) is 6.42 Å². The van der Waals surface area contributed by atoms with E-state index in [0.717, 1.165) is 38.5 Å². The molecule has 6 unspecified atom stereocenters. The lowest BCUT2D eigenvalue weighted by Gasteiger charge is -2.56. The van der Waals surface area contributed by atoms with Gasteiger partial charge < -0.3 is 18.8 Å². The Bertz CT molecular complexity index is 1010. The molecule has 1 aliphatic heterocycles. The number of halogens is 2. The van der Waals surface area contributed by atoms with Gasteiger partial charge in [0.2, 0.25) is 0 Å². The normalized spacial score (nSPS) is 47.0. The van der Waals surface area contributed by atoms with Crippen LogP contribution in [-0.4, -0.2) is 53.9 Å². The maximum atomic E-state index is 13.7. The summed E-state index contributed by atoms with van der Waals surface area (Å²) < 4.78 is 75.9. The van der Waals surface area contributed by atoms with Crippen molar-refractivity contribution in [2.24, 2.45) is 41.4 Å². The number of esters is 3.